The van der Waals surface area contributed by atoms with Crippen LogP contribution < -0.4 is 0 Å². The van der Waals surface area contributed by atoms with Gasteiger partial charge >= 0.3 is 0 Å². The fourth-order valence-corrected chi connectivity index (χ4v) is 10.1. The number of furan rings is 1. The van der Waals surface area contributed by atoms with Crippen LogP contribution in [0.2, 0.25) is 0 Å². The summed E-state index contributed by atoms with van der Waals surface area (Å²) in [5, 5.41) is 25.4. The minimum Gasteiger partial charge on any atom is -0.507 e. The van der Waals surface area contributed by atoms with Crippen molar-refractivity contribution in [2.75, 3.05) is 0 Å². The third-order valence-electron chi connectivity index (χ3n) is 14.0. The van der Waals surface area contributed by atoms with Gasteiger partial charge < -0.3 is 14.6 Å². The van der Waals surface area contributed by atoms with E-state index in [-0.39, 0.29) is 34.2 Å². The molecule has 0 unspecified atom stereocenters. The molecule has 0 radical (unpaired) electrons. The zero-order chi connectivity index (χ0) is 49.9. The molecule has 5 nitrogen and oxygen atoms in total. The monoisotopic (exact) mass is 930 g/mol. The smallest absolute Gasteiger partial charge is 0.136 e. The standard InChI is InChI=1S/C66H62N2O3/c1-39(2)47-17-13-18-48(40(3)4)64(47)44-35-57(54-38-62-52(37-60(54)70)51-16-11-12-23-61(51)71-62)68-58(36-44)56-22-15-21-55(67-56)53-34-43(28-33-59(53)69)63-49(41-24-29-45(30-25-41)65(5,6)7)19-14-20-50(63)42-26-31-46(32-27-42)66(8,9)10/h11-40,69-70H,1-10H3. The Bertz CT molecular complexity index is 3520. The molecule has 0 spiro atoms. The van der Waals surface area contributed by atoms with Crippen LogP contribution in [0, 0.1) is 0 Å². The van der Waals surface area contributed by atoms with Gasteiger partial charge in [-0.25, -0.2) is 9.97 Å². The quantitative estimate of drug-likeness (QED) is 0.151. The molecule has 354 valence electrons. The highest BCUT2D eigenvalue weighted by molar-refractivity contribution is 6.07. The van der Waals surface area contributed by atoms with Gasteiger partial charge in [0, 0.05) is 21.9 Å². The molecular weight excluding hydrogens is 869 g/mol. The molecule has 2 N–H and O–H groups in total. The van der Waals surface area contributed by atoms with Gasteiger partial charge in [-0.1, -0.05) is 184 Å². The third kappa shape index (κ3) is 9.02. The highest BCUT2D eigenvalue weighted by Crippen LogP contribution is 2.46. The van der Waals surface area contributed by atoms with Crippen LogP contribution in [0.25, 0.3) is 100 Å². The average Bonchev–Trinajstić information content (AvgIpc) is 3.72. The summed E-state index contributed by atoms with van der Waals surface area (Å²) in [4.78, 5) is 10.6. The van der Waals surface area contributed by atoms with E-state index in [1.54, 1.807) is 12.1 Å². The number of aromatic hydroxyl groups is 2. The normalized spacial score (nSPS) is 12.2. The summed E-state index contributed by atoms with van der Waals surface area (Å²) >= 11 is 0. The van der Waals surface area contributed by atoms with Gasteiger partial charge in [0.1, 0.15) is 22.7 Å². The second-order valence-electron chi connectivity index (χ2n) is 21.7. The number of hydrogen-bond acceptors (Lipinski definition) is 5. The number of fused-ring (bicyclic) bond motifs is 3. The van der Waals surface area contributed by atoms with Crippen molar-refractivity contribution in [2.24, 2.45) is 0 Å². The first-order chi connectivity index (χ1) is 33.9. The lowest BCUT2D eigenvalue weighted by atomic mass is 9.83. The SMILES string of the molecule is CC(C)c1cccc(C(C)C)c1-c1cc(-c2cccc(-c3cc(-c4c(-c5ccc(C(C)(C)C)cc5)cccc4-c4ccc(C(C)(C)C)cc4)ccc3O)n2)nc(-c2cc3oc4ccccc4c3cc2O)c1. The van der Waals surface area contributed by atoms with E-state index < -0.39 is 0 Å². The Morgan fingerprint density at radius 1 is 0.380 bits per heavy atom. The second-order valence-corrected chi connectivity index (χ2v) is 21.7. The van der Waals surface area contributed by atoms with E-state index in [2.05, 4.69) is 172 Å². The van der Waals surface area contributed by atoms with Crippen molar-refractivity contribution in [3.8, 4) is 89.9 Å². The Morgan fingerprint density at radius 3 is 1.51 bits per heavy atom. The maximum absolute atomic E-state index is 11.8. The summed E-state index contributed by atoms with van der Waals surface area (Å²) < 4.78 is 6.34. The van der Waals surface area contributed by atoms with Crippen molar-refractivity contribution in [3.63, 3.8) is 0 Å². The van der Waals surface area contributed by atoms with Crippen LogP contribution in [0.1, 0.15) is 103 Å². The van der Waals surface area contributed by atoms with Crippen molar-refractivity contribution >= 4 is 21.9 Å². The largest absolute Gasteiger partial charge is 0.507 e. The Labute approximate surface area is 418 Å². The number of phenolic OH excluding ortho intramolecular Hbond substituents is 2. The van der Waals surface area contributed by atoms with Gasteiger partial charge in [0.25, 0.3) is 0 Å². The molecule has 0 atom stereocenters. The van der Waals surface area contributed by atoms with Crippen molar-refractivity contribution in [1.29, 1.82) is 0 Å². The predicted molar refractivity (Wildman–Crippen MR) is 296 cm³/mol. The van der Waals surface area contributed by atoms with Gasteiger partial charge in [-0.15, -0.1) is 0 Å². The van der Waals surface area contributed by atoms with Gasteiger partial charge in [-0.05, 0) is 144 Å². The lowest BCUT2D eigenvalue weighted by Gasteiger charge is -2.22. The first kappa shape index (κ1) is 46.9. The van der Waals surface area contributed by atoms with Gasteiger partial charge in [0.15, 0.2) is 0 Å². The zero-order valence-corrected chi connectivity index (χ0v) is 42.5. The molecule has 5 heteroatoms. The highest BCUT2D eigenvalue weighted by Gasteiger charge is 2.23. The fraction of sp³-hybridized carbons (Fsp3) is 0.212. The van der Waals surface area contributed by atoms with Crippen LogP contribution in [0.5, 0.6) is 11.5 Å². The molecule has 0 aliphatic carbocycles. The summed E-state index contributed by atoms with van der Waals surface area (Å²) in [6.07, 6.45) is 0. The number of pyridine rings is 2. The van der Waals surface area contributed by atoms with Crippen LogP contribution in [0.3, 0.4) is 0 Å². The number of para-hydroxylation sites is 1. The Hall–Kier alpha value is -7.76. The van der Waals surface area contributed by atoms with Gasteiger partial charge in [-0.2, -0.15) is 0 Å². The van der Waals surface area contributed by atoms with E-state index >= 15 is 0 Å². The molecule has 0 bridgehead atoms. The number of aromatic nitrogens is 2. The van der Waals surface area contributed by atoms with Gasteiger partial charge in [-0.3, -0.25) is 0 Å². The van der Waals surface area contributed by atoms with Crippen LogP contribution in [-0.2, 0) is 10.8 Å². The lowest BCUT2D eigenvalue weighted by Crippen LogP contribution is -2.10. The van der Waals surface area contributed by atoms with Crippen LogP contribution in [-0.4, -0.2) is 20.2 Å². The molecule has 10 aromatic rings. The van der Waals surface area contributed by atoms with Crippen LogP contribution in [0.4, 0.5) is 0 Å². The molecule has 3 aromatic heterocycles. The molecule has 0 fully saturated rings. The maximum Gasteiger partial charge on any atom is 0.136 e. The van der Waals surface area contributed by atoms with E-state index in [9.17, 15) is 10.2 Å². The molecule has 0 saturated carbocycles. The van der Waals surface area contributed by atoms with Crippen molar-refractivity contribution < 1.29 is 14.6 Å². The Balaban J connectivity index is 1.15. The first-order valence-electron chi connectivity index (χ1n) is 24.9. The molecule has 3 heterocycles. The molecule has 10 rings (SSSR count). The van der Waals surface area contributed by atoms with E-state index in [4.69, 9.17) is 14.4 Å². The van der Waals surface area contributed by atoms with Gasteiger partial charge in [0.05, 0.1) is 22.8 Å². The molecular formula is C66H62N2O3. The molecule has 7 aromatic carbocycles. The van der Waals surface area contributed by atoms with E-state index in [0.29, 0.717) is 39.5 Å². The van der Waals surface area contributed by atoms with E-state index in [0.717, 1.165) is 60.9 Å². The first-order valence-corrected chi connectivity index (χ1v) is 24.9. The lowest BCUT2D eigenvalue weighted by molar-refractivity contribution is 0.477. The highest BCUT2D eigenvalue weighted by atomic mass is 16.3. The Kier molecular flexibility index (Phi) is 12.0. The number of benzene rings is 7. The van der Waals surface area contributed by atoms with Crippen LogP contribution in [0.15, 0.2) is 174 Å². The molecule has 71 heavy (non-hydrogen) atoms. The third-order valence-corrected chi connectivity index (χ3v) is 14.0. The molecule has 0 saturated heterocycles. The van der Waals surface area contributed by atoms with E-state index in [1.807, 2.05) is 54.6 Å². The minimum absolute atomic E-state index is 0.0188. The topological polar surface area (TPSA) is 79.4 Å². The molecule has 0 aliphatic heterocycles. The van der Waals surface area contributed by atoms with Gasteiger partial charge in [0.2, 0.25) is 0 Å². The number of phenols is 2. The van der Waals surface area contributed by atoms with Crippen molar-refractivity contribution in [2.45, 2.75) is 91.9 Å². The number of hydrogen-bond donors (Lipinski definition) is 2. The maximum atomic E-state index is 11.8. The number of nitrogens with zero attached hydrogens (tertiary/aromatic N) is 2. The fourth-order valence-electron chi connectivity index (χ4n) is 10.1. The summed E-state index contributed by atoms with van der Waals surface area (Å²) in [5.74, 6) is 0.730. The molecule has 0 aliphatic rings. The summed E-state index contributed by atoms with van der Waals surface area (Å²) in [7, 11) is 0. The summed E-state index contributed by atoms with van der Waals surface area (Å²) in [6.45, 7) is 22.4. The summed E-state index contributed by atoms with van der Waals surface area (Å²) in [6, 6.07) is 58.5. The van der Waals surface area contributed by atoms with Crippen LogP contribution >= 0.6 is 0 Å². The van der Waals surface area contributed by atoms with Crippen molar-refractivity contribution in [3.05, 3.63) is 192 Å². The Morgan fingerprint density at radius 2 is 0.901 bits per heavy atom. The number of rotatable bonds is 9. The minimum atomic E-state index is 0.0188. The zero-order valence-electron chi connectivity index (χ0n) is 42.5. The second kappa shape index (κ2) is 18.2. The summed E-state index contributed by atoms with van der Waals surface area (Å²) in [5.41, 5.74) is 18.7. The predicted octanol–water partition coefficient (Wildman–Crippen LogP) is 18.3. The average molecular weight is 931 g/mol. The van der Waals surface area contributed by atoms with E-state index in [1.165, 1.54) is 22.3 Å². The van der Waals surface area contributed by atoms with Crippen molar-refractivity contribution in [1.82, 2.24) is 9.97 Å². The molecule has 0 amide bonds.